The molecule has 1 aromatic heterocycles. The maximum atomic E-state index is 12.4. The quantitative estimate of drug-likeness (QED) is 0.852. The van der Waals surface area contributed by atoms with E-state index in [-0.39, 0.29) is 11.3 Å². The lowest BCUT2D eigenvalue weighted by atomic mass is 9.91. The van der Waals surface area contributed by atoms with Crippen LogP contribution in [0.15, 0.2) is 28.7 Å². The molecule has 1 amide bonds. The van der Waals surface area contributed by atoms with E-state index in [1.54, 1.807) is 6.07 Å². The summed E-state index contributed by atoms with van der Waals surface area (Å²) in [5.74, 6) is 0.505. The molecule has 0 saturated carbocycles. The first kappa shape index (κ1) is 16.9. The monoisotopic (exact) mass is 332 g/mol. The van der Waals surface area contributed by atoms with Crippen molar-refractivity contribution in [2.75, 3.05) is 33.4 Å². The zero-order valence-electron chi connectivity index (χ0n) is 15.2. The van der Waals surface area contributed by atoms with Gasteiger partial charge in [-0.2, -0.15) is 0 Å². The smallest absolute Gasteiger partial charge is 0.276 e. The van der Waals surface area contributed by atoms with Crippen molar-refractivity contribution in [2.24, 2.45) is 11.3 Å². The fourth-order valence-electron chi connectivity index (χ4n) is 3.64. The number of piperidine rings is 1. The first-order valence-corrected chi connectivity index (χ1v) is 8.70. The van der Waals surface area contributed by atoms with Crippen molar-refractivity contribution in [2.45, 2.75) is 33.6 Å². The van der Waals surface area contributed by atoms with E-state index in [0.29, 0.717) is 11.6 Å². The molecular formula is C18H28N4O2. The predicted octanol–water partition coefficient (Wildman–Crippen LogP) is 2.62. The van der Waals surface area contributed by atoms with E-state index >= 15 is 0 Å². The average molecular weight is 332 g/mol. The van der Waals surface area contributed by atoms with Crippen LogP contribution in [0.5, 0.6) is 0 Å². The van der Waals surface area contributed by atoms with E-state index < -0.39 is 0 Å². The van der Waals surface area contributed by atoms with Crippen molar-refractivity contribution in [3.63, 3.8) is 0 Å². The summed E-state index contributed by atoms with van der Waals surface area (Å²) < 4.78 is 4.78. The largest absolute Gasteiger partial charge is 0.364 e. The highest BCUT2D eigenvalue weighted by molar-refractivity contribution is 5.92. The van der Waals surface area contributed by atoms with Gasteiger partial charge in [0.1, 0.15) is 6.26 Å². The van der Waals surface area contributed by atoms with Gasteiger partial charge in [-0.05, 0) is 18.3 Å². The van der Waals surface area contributed by atoms with Gasteiger partial charge in [-0.15, -0.1) is 0 Å². The van der Waals surface area contributed by atoms with E-state index in [4.69, 9.17) is 4.52 Å². The van der Waals surface area contributed by atoms with Gasteiger partial charge in [0.2, 0.25) is 0 Å². The highest BCUT2D eigenvalue weighted by Crippen LogP contribution is 2.33. The summed E-state index contributed by atoms with van der Waals surface area (Å²) in [6, 6.07) is 1.63. The van der Waals surface area contributed by atoms with Gasteiger partial charge in [0.25, 0.3) is 5.91 Å². The summed E-state index contributed by atoms with van der Waals surface area (Å²) in [6.45, 7) is 10.4. The molecule has 1 saturated heterocycles. The van der Waals surface area contributed by atoms with Crippen LogP contribution in [0.4, 0.5) is 0 Å². The number of likely N-dealkylation sites (tertiary alicyclic amines) is 1. The molecule has 0 aliphatic carbocycles. The molecule has 6 heteroatoms. The first-order chi connectivity index (χ1) is 11.3. The minimum absolute atomic E-state index is 0.0220. The fourth-order valence-corrected chi connectivity index (χ4v) is 3.64. The number of aromatic nitrogens is 1. The van der Waals surface area contributed by atoms with Crippen LogP contribution >= 0.6 is 0 Å². The topological polar surface area (TPSA) is 52.8 Å². The molecule has 132 valence electrons. The Bertz CT molecular complexity index is 595. The maximum absolute atomic E-state index is 12.4. The van der Waals surface area contributed by atoms with Gasteiger partial charge in [-0.3, -0.25) is 4.79 Å². The van der Waals surface area contributed by atoms with Crippen LogP contribution in [0.2, 0.25) is 0 Å². The lowest BCUT2D eigenvalue weighted by molar-refractivity contribution is 0.0678. The Balaban J connectivity index is 1.61. The van der Waals surface area contributed by atoms with E-state index in [1.807, 2.05) is 4.90 Å². The molecule has 3 heterocycles. The highest BCUT2D eigenvalue weighted by Gasteiger charge is 2.32. The van der Waals surface area contributed by atoms with Crippen LogP contribution in [0.1, 0.15) is 44.1 Å². The van der Waals surface area contributed by atoms with E-state index in [2.05, 4.69) is 49.0 Å². The molecule has 1 fully saturated rings. The lowest BCUT2D eigenvalue weighted by Crippen LogP contribution is -2.41. The Kier molecular flexibility index (Phi) is 4.56. The van der Waals surface area contributed by atoms with Crippen molar-refractivity contribution < 1.29 is 9.32 Å². The molecule has 0 aromatic carbocycles. The van der Waals surface area contributed by atoms with Crippen molar-refractivity contribution in [1.29, 1.82) is 0 Å². The second-order valence-electron chi connectivity index (χ2n) is 8.16. The second kappa shape index (κ2) is 6.49. The molecule has 6 nitrogen and oxygen atoms in total. The Hall–Kier alpha value is -1.98. The molecule has 2 aliphatic rings. The van der Waals surface area contributed by atoms with Crippen molar-refractivity contribution in [1.82, 2.24) is 19.9 Å². The van der Waals surface area contributed by atoms with Gasteiger partial charge in [0.05, 0.1) is 6.67 Å². The summed E-state index contributed by atoms with van der Waals surface area (Å²) in [5.41, 5.74) is 2.11. The van der Waals surface area contributed by atoms with Crippen LogP contribution in [-0.2, 0) is 0 Å². The average Bonchev–Trinajstić information content (AvgIpc) is 3.15. The molecule has 0 radical (unpaired) electrons. The minimum Gasteiger partial charge on any atom is -0.364 e. The number of amides is 1. The Morgan fingerprint density at radius 2 is 2.04 bits per heavy atom. The van der Waals surface area contributed by atoms with Crippen molar-refractivity contribution >= 4 is 5.91 Å². The normalized spacial score (nSPS) is 19.8. The Morgan fingerprint density at radius 1 is 1.33 bits per heavy atom. The van der Waals surface area contributed by atoms with Gasteiger partial charge in [0, 0.05) is 50.6 Å². The van der Waals surface area contributed by atoms with Gasteiger partial charge in [-0.25, -0.2) is 0 Å². The van der Waals surface area contributed by atoms with Crippen LogP contribution < -0.4 is 0 Å². The minimum atomic E-state index is -0.0220. The zero-order chi connectivity index (χ0) is 17.3. The fraction of sp³-hybridized carbons (Fsp3) is 0.667. The summed E-state index contributed by atoms with van der Waals surface area (Å²) in [4.78, 5) is 19.0. The van der Waals surface area contributed by atoms with Crippen molar-refractivity contribution in [3.8, 4) is 0 Å². The third-order valence-corrected chi connectivity index (χ3v) is 4.63. The van der Waals surface area contributed by atoms with Gasteiger partial charge in [0.15, 0.2) is 5.69 Å². The molecule has 0 unspecified atom stereocenters. The number of hydrogen-bond donors (Lipinski definition) is 0. The molecule has 24 heavy (non-hydrogen) atoms. The zero-order valence-corrected chi connectivity index (χ0v) is 15.2. The SMILES string of the molecule is CN1C=C(C2CCN(C(=O)c3ccon3)CC2)N(CC(C)(C)C)C1. The van der Waals surface area contributed by atoms with Gasteiger partial charge >= 0.3 is 0 Å². The molecule has 3 rings (SSSR count). The third kappa shape index (κ3) is 3.74. The van der Waals surface area contributed by atoms with E-state index in [9.17, 15) is 4.79 Å². The molecule has 0 atom stereocenters. The predicted molar refractivity (Wildman–Crippen MR) is 92.0 cm³/mol. The molecular weight excluding hydrogens is 304 g/mol. The number of hydrogen-bond acceptors (Lipinski definition) is 5. The number of allylic oxidation sites excluding steroid dienone is 1. The summed E-state index contributed by atoms with van der Waals surface area (Å²) in [5, 5.41) is 3.76. The Labute approximate surface area is 144 Å². The molecule has 1 aromatic rings. The second-order valence-corrected chi connectivity index (χ2v) is 8.16. The summed E-state index contributed by atoms with van der Waals surface area (Å²) >= 11 is 0. The number of rotatable bonds is 3. The van der Waals surface area contributed by atoms with Crippen LogP contribution in [0, 0.1) is 11.3 Å². The summed E-state index contributed by atoms with van der Waals surface area (Å²) in [7, 11) is 2.13. The van der Waals surface area contributed by atoms with E-state index in [0.717, 1.165) is 39.1 Å². The molecule has 0 spiro atoms. The van der Waals surface area contributed by atoms with Crippen molar-refractivity contribution in [3.05, 3.63) is 29.9 Å². The summed E-state index contributed by atoms with van der Waals surface area (Å²) in [6.07, 6.45) is 5.74. The highest BCUT2D eigenvalue weighted by atomic mass is 16.5. The number of nitrogens with zero attached hydrogens (tertiary/aromatic N) is 4. The lowest BCUT2D eigenvalue weighted by Gasteiger charge is -2.37. The van der Waals surface area contributed by atoms with Crippen LogP contribution in [-0.4, -0.2) is 59.1 Å². The first-order valence-electron chi connectivity index (χ1n) is 8.70. The number of carbonyl (C=O) groups excluding carboxylic acids is 1. The number of carbonyl (C=O) groups is 1. The molecule has 0 bridgehead atoms. The van der Waals surface area contributed by atoms with Crippen LogP contribution in [0.25, 0.3) is 0 Å². The standard InChI is InChI=1S/C18H28N4O2/c1-18(2,3)12-22-13-20(4)11-16(22)14-5-8-21(9-6-14)17(23)15-7-10-24-19-15/h7,10-11,14H,5-6,8-9,12-13H2,1-4H3. The van der Waals surface area contributed by atoms with Gasteiger partial charge in [-0.1, -0.05) is 25.9 Å². The third-order valence-electron chi connectivity index (χ3n) is 4.63. The Morgan fingerprint density at radius 3 is 2.62 bits per heavy atom. The van der Waals surface area contributed by atoms with Crippen LogP contribution in [0.3, 0.4) is 0 Å². The maximum Gasteiger partial charge on any atom is 0.276 e. The molecule has 2 aliphatic heterocycles. The van der Waals surface area contributed by atoms with Gasteiger partial charge < -0.3 is 19.2 Å². The van der Waals surface area contributed by atoms with E-state index in [1.165, 1.54) is 12.0 Å². The molecule has 0 N–H and O–H groups in total.